The normalized spacial score (nSPS) is 10.5. The molecule has 0 saturated heterocycles. The highest BCUT2D eigenvalue weighted by Crippen LogP contribution is 1.88. The number of unbranched alkanes of at least 4 members (excludes halogenated alkanes) is 1. The van der Waals surface area contributed by atoms with E-state index in [1.165, 1.54) is 25.1 Å². The predicted octanol–water partition coefficient (Wildman–Crippen LogP) is 2.87. The number of hydrogen-bond acceptors (Lipinski definition) is 2. The summed E-state index contributed by atoms with van der Waals surface area (Å²) < 4.78 is 0. The molecule has 3 heteroatoms. The first-order chi connectivity index (χ1) is 7.09. The van der Waals surface area contributed by atoms with Crippen molar-refractivity contribution in [2.45, 2.75) is 46.6 Å². The Morgan fingerprint density at radius 3 is 2.13 bits per heavy atom. The maximum atomic E-state index is 9.81. The van der Waals surface area contributed by atoms with Crippen molar-refractivity contribution in [2.75, 3.05) is 7.05 Å². The van der Waals surface area contributed by atoms with Crippen LogP contribution in [0.25, 0.3) is 0 Å². The van der Waals surface area contributed by atoms with Crippen LogP contribution in [-0.4, -0.2) is 30.6 Å². The smallest absolute Gasteiger partial charge is 0.144 e. The largest absolute Gasteiger partial charge is 0.363 e. The lowest BCUT2D eigenvalue weighted by Crippen LogP contribution is -2.24. The first kappa shape index (κ1) is 16.3. The number of nitrogens with zero attached hydrogens (tertiary/aromatic N) is 2. The Balaban J connectivity index is 0. The third-order valence-corrected chi connectivity index (χ3v) is 1.81. The van der Waals surface area contributed by atoms with Gasteiger partial charge in [0, 0.05) is 19.3 Å². The third-order valence-electron chi connectivity index (χ3n) is 1.81. The van der Waals surface area contributed by atoms with Crippen LogP contribution in [0.3, 0.4) is 0 Å². The number of rotatable bonds is 5. The van der Waals surface area contributed by atoms with Gasteiger partial charge in [0.15, 0.2) is 0 Å². The van der Waals surface area contributed by atoms with Crippen LogP contribution in [0.2, 0.25) is 0 Å². The summed E-state index contributed by atoms with van der Waals surface area (Å²) >= 11 is 0. The Morgan fingerprint density at radius 2 is 1.80 bits per heavy atom. The molecule has 0 fully saturated rings. The maximum Gasteiger partial charge on any atom is 0.144 e. The second kappa shape index (κ2) is 12.9. The van der Waals surface area contributed by atoms with Crippen LogP contribution in [0.15, 0.2) is 17.3 Å². The fourth-order valence-corrected chi connectivity index (χ4v) is 0.362. The Labute approximate surface area is 93.9 Å². The van der Waals surface area contributed by atoms with Crippen molar-refractivity contribution in [3.8, 4) is 0 Å². The number of carbonyl (C=O) groups excluding carboxylic acids is 1. The number of aldehydes is 1. The van der Waals surface area contributed by atoms with Gasteiger partial charge in [-0.25, -0.2) is 4.99 Å². The van der Waals surface area contributed by atoms with Crippen molar-refractivity contribution in [1.82, 2.24) is 4.90 Å². The quantitative estimate of drug-likeness (QED) is 0.304. The molecule has 0 unspecified atom stereocenters. The van der Waals surface area contributed by atoms with Crippen LogP contribution in [0.5, 0.6) is 0 Å². The lowest BCUT2D eigenvalue weighted by atomic mass is 10.4. The first-order valence-electron chi connectivity index (χ1n) is 5.45. The van der Waals surface area contributed by atoms with E-state index in [4.69, 9.17) is 0 Å². The Hall–Kier alpha value is -1.12. The zero-order valence-electron chi connectivity index (χ0n) is 10.6. The van der Waals surface area contributed by atoms with Crippen LogP contribution < -0.4 is 0 Å². The van der Waals surface area contributed by atoms with Gasteiger partial charge in [-0.3, -0.25) is 4.79 Å². The lowest BCUT2D eigenvalue weighted by Gasteiger charge is -2.16. The molecule has 0 N–H and O–H groups in total. The van der Waals surface area contributed by atoms with Crippen LogP contribution in [0, 0.1) is 0 Å². The lowest BCUT2D eigenvalue weighted by molar-refractivity contribution is -0.104. The highest BCUT2D eigenvalue weighted by molar-refractivity contribution is 5.65. The van der Waals surface area contributed by atoms with Crippen LogP contribution in [0.1, 0.15) is 40.5 Å². The molecule has 15 heavy (non-hydrogen) atoms. The van der Waals surface area contributed by atoms with Gasteiger partial charge in [-0.2, -0.15) is 0 Å². The van der Waals surface area contributed by atoms with Crippen molar-refractivity contribution in [2.24, 2.45) is 4.99 Å². The Morgan fingerprint density at radius 1 is 1.27 bits per heavy atom. The summed E-state index contributed by atoms with van der Waals surface area (Å²) in [6.07, 6.45) is 7.84. The molecular formula is C12H24N2O. The summed E-state index contributed by atoms with van der Waals surface area (Å²) in [6, 6.07) is 0.434. The van der Waals surface area contributed by atoms with Crippen molar-refractivity contribution in [1.29, 1.82) is 0 Å². The van der Waals surface area contributed by atoms with Gasteiger partial charge in [0.25, 0.3) is 0 Å². The first-order valence-corrected chi connectivity index (χ1v) is 5.45. The molecule has 0 radical (unpaired) electrons. The Bertz CT molecular complexity index is 184. The van der Waals surface area contributed by atoms with Gasteiger partial charge >= 0.3 is 0 Å². The van der Waals surface area contributed by atoms with Crippen molar-refractivity contribution < 1.29 is 4.79 Å². The topological polar surface area (TPSA) is 32.7 Å². The van der Waals surface area contributed by atoms with E-state index in [0.29, 0.717) is 12.3 Å². The molecule has 0 rings (SSSR count). The second-order valence-electron chi connectivity index (χ2n) is 3.50. The van der Waals surface area contributed by atoms with E-state index in [0.717, 1.165) is 0 Å². The average molecular weight is 212 g/mol. The minimum atomic E-state index is 0.434. The van der Waals surface area contributed by atoms with Crippen molar-refractivity contribution in [3.05, 3.63) is 12.3 Å². The van der Waals surface area contributed by atoms with E-state index >= 15 is 0 Å². The van der Waals surface area contributed by atoms with Crippen LogP contribution in [-0.2, 0) is 4.79 Å². The SMILES string of the molecule is CC(C)N(C)C=N/C=C\C=O.CCCC. The van der Waals surface area contributed by atoms with E-state index in [1.807, 2.05) is 11.9 Å². The zero-order chi connectivity index (χ0) is 12.1. The molecule has 0 heterocycles. The summed E-state index contributed by atoms with van der Waals surface area (Å²) in [5.74, 6) is 0. The minimum absolute atomic E-state index is 0.434. The van der Waals surface area contributed by atoms with Gasteiger partial charge in [0.1, 0.15) is 6.29 Å². The summed E-state index contributed by atoms with van der Waals surface area (Å²) in [5, 5.41) is 0. The van der Waals surface area contributed by atoms with E-state index < -0.39 is 0 Å². The fraction of sp³-hybridized carbons (Fsp3) is 0.667. The molecule has 3 nitrogen and oxygen atoms in total. The van der Waals surface area contributed by atoms with Crippen LogP contribution >= 0.6 is 0 Å². The molecule has 0 aromatic carbocycles. The summed E-state index contributed by atoms with van der Waals surface area (Å²) in [7, 11) is 1.93. The van der Waals surface area contributed by atoms with Crippen LogP contribution in [0.4, 0.5) is 0 Å². The molecule has 0 atom stereocenters. The number of allylic oxidation sites excluding steroid dienone is 1. The van der Waals surface area contributed by atoms with E-state index in [2.05, 4.69) is 32.7 Å². The van der Waals surface area contributed by atoms with Gasteiger partial charge < -0.3 is 4.90 Å². The molecule has 0 saturated carbocycles. The fourth-order valence-electron chi connectivity index (χ4n) is 0.362. The molecule has 0 bridgehead atoms. The molecule has 0 aromatic rings. The molecule has 0 aliphatic rings. The molecule has 0 aliphatic heterocycles. The van der Waals surface area contributed by atoms with Gasteiger partial charge in [0.2, 0.25) is 0 Å². The number of hydrogen-bond donors (Lipinski definition) is 0. The second-order valence-corrected chi connectivity index (χ2v) is 3.50. The predicted molar refractivity (Wildman–Crippen MR) is 67.2 cm³/mol. The van der Waals surface area contributed by atoms with Gasteiger partial charge in [-0.15, -0.1) is 0 Å². The monoisotopic (exact) mass is 212 g/mol. The summed E-state index contributed by atoms with van der Waals surface area (Å²) in [5.41, 5.74) is 0. The standard InChI is InChI=1S/C8H14N2O.C4H10/c1-8(2)10(3)7-9-5-4-6-11;1-3-4-2/h4-8H,1-3H3;3-4H2,1-2H3/b5-4-,9-7?;. The van der Waals surface area contributed by atoms with Crippen molar-refractivity contribution in [3.63, 3.8) is 0 Å². The summed E-state index contributed by atoms with van der Waals surface area (Å²) in [4.78, 5) is 15.6. The van der Waals surface area contributed by atoms with Gasteiger partial charge in [-0.1, -0.05) is 26.7 Å². The Kier molecular flexibility index (Phi) is 14.0. The molecule has 0 spiro atoms. The van der Waals surface area contributed by atoms with E-state index in [1.54, 1.807) is 6.34 Å². The van der Waals surface area contributed by atoms with E-state index in [-0.39, 0.29) is 0 Å². The minimum Gasteiger partial charge on any atom is -0.363 e. The molecule has 0 aromatic heterocycles. The van der Waals surface area contributed by atoms with Gasteiger partial charge in [0.05, 0.1) is 6.34 Å². The van der Waals surface area contributed by atoms with E-state index in [9.17, 15) is 4.79 Å². The highest BCUT2D eigenvalue weighted by atomic mass is 16.1. The van der Waals surface area contributed by atoms with Crippen molar-refractivity contribution >= 4 is 12.6 Å². The highest BCUT2D eigenvalue weighted by Gasteiger charge is 1.94. The zero-order valence-corrected chi connectivity index (χ0v) is 10.6. The average Bonchev–Trinajstić information content (AvgIpc) is 2.24. The number of carbonyl (C=O) groups is 1. The number of aliphatic imine (C=N–C) groups is 1. The molecular weight excluding hydrogens is 188 g/mol. The molecule has 0 aliphatic carbocycles. The molecule has 0 amide bonds. The van der Waals surface area contributed by atoms with Gasteiger partial charge in [-0.05, 0) is 19.9 Å². The molecule has 88 valence electrons. The summed E-state index contributed by atoms with van der Waals surface area (Å²) in [6.45, 7) is 8.49. The third kappa shape index (κ3) is 15.6. The maximum absolute atomic E-state index is 9.81.